The Hall–Kier alpha value is -2.12. The maximum absolute atomic E-state index is 11.4. The average molecular weight is 246 g/mol. The van der Waals surface area contributed by atoms with E-state index in [1.807, 2.05) is 0 Å². The number of aliphatic carboxylic acids is 2. The molecule has 0 spiro atoms. The molecule has 1 unspecified atom stereocenters. The Kier molecular flexibility index (Phi) is 6.30. The van der Waals surface area contributed by atoms with Crippen LogP contribution in [0.2, 0.25) is 0 Å². The van der Waals surface area contributed by atoms with E-state index < -0.39 is 30.6 Å². The van der Waals surface area contributed by atoms with E-state index in [9.17, 15) is 14.4 Å². The third-order valence-corrected chi connectivity index (χ3v) is 1.81. The Morgan fingerprint density at radius 1 is 1.41 bits per heavy atom. The molecule has 0 aliphatic heterocycles. The van der Waals surface area contributed by atoms with Crippen LogP contribution >= 0.6 is 0 Å². The largest absolute Gasteiger partial charge is 0.480 e. The third kappa shape index (κ3) is 4.96. The zero-order valence-corrected chi connectivity index (χ0v) is 9.25. The van der Waals surface area contributed by atoms with Gasteiger partial charge in [-0.15, -0.1) is 0 Å². The SMILES string of the molecule is CCOC(=O)N(CC(=O)O)C(CC=N)C(=O)O. The summed E-state index contributed by atoms with van der Waals surface area (Å²) in [5, 5.41) is 24.3. The van der Waals surface area contributed by atoms with Crippen molar-refractivity contribution in [2.45, 2.75) is 19.4 Å². The number of carboxylic acid groups (broad SMARTS) is 2. The Labute approximate surface area is 97.3 Å². The summed E-state index contributed by atoms with van der Waals surface area (Å²) >= 11 is 0. The zero-order valence-electron chi connectivity index (χ0n) is 9.25. The molecule has 1 amide bonds. The minimum absolute atomic E-state index is 0.00583. The second kappa shape index (κ2) is 7.20. The minimum atomic E-state index is -1.41. The molecular weight excluding hydrogens is 232 g/mol. The van der Waals surface area contributed by atoms with Crippen molar-refractivity contribution in [1.29, 1.82) is 5.41 Å². The topological polar surface area (TPSA) is 128 Å². The van der Waals surface area contributed by atoms with E-state index in [-0.39, 0.29) is 13.0 Å². The number of carboxylic acids is 2. The lowest BCUT2D eigenvalue weighted by atomic mass is 10.2. The number of hydrogen-bond acceptors (Lipinski definition) is 5. The van der Waals surface area contributed by atoms with Gasteiger partial charge in [0.05, 0.1) is 6.61 Å². The van der Waals surface area contributed by atoms with Crippen molar-refractivity contribution in [2.75, 3.05) is 13.2 Å². The summed E-state index contributed by atoms with van der Waals surface area (Å²) in [6.45, 7) is 0.735. The molecular formula is C9H14N2O6. The lowest BCUT2D eigenvalue weighted by Crippen LogP contribution is -2.48. The highest BCUT2D eigenvalue weighted by Crippen LogP contribution is 2.06. The number of carbonyl (C=O) groups excluding carboxylic acids is 1. The molecule has 3 N–H and O–H groups in total. The number of nitrogens with zero attached hydrogens (tertiary/aromatic N) is 1. The van der Waals surface area contributed by atoms with Gasteiger partial charge >= 0.3 is 18.0 Å². The first kappa shape index (κ1) is 14.9. The van der Waals surface area contributed by atoms with Gasteiger partial charge in [0.1, 0.15) is 12.6 Å². The number of amides is 1. The Morgan fingerprint density at radius 3 is 2.35 bits per heavy atom. The number of carbonyl (C=O) groups is 3. The molecule has 0 fully saturated rings. The van der Waals surface area contributed by atoms with Crippen LogP contribution < -0.4 is 0 Å². The molecule has 17 heavy (non-hydrogen) atoms. The van der Waals surface area contributed by atoms with Crippen molar-refractivity contribution in [3.05, 3.63) is 0 Å². The van der Waals surface area contributed by atoms with Crippen LogP contribution in [0.4, 0.5) is 4.79 Å². The summed E-state index contributed by atoms with van der Waals surface area (Å²) in [6.07, 6.45) is -0.502. The molecule has 0 aromatic heterocycles. The third-order valence-electron chi connectivity index (χ3n) is 1.81. The Bertz CT molecular complexity index is 317. The van der Waals surface area contributed by atoms with Gasteiger partial charge in [-0.25, -0.2) is 9.59 Å². The zero-order chi connectivity index (χ0) is 13.4. The Balaban J connectivity index is 4.96. The maximum Gasteiger partial charge on any atom is 0.411 e. The number of ether oxygens (including phenoxy) is 1. The standard InChI is InChI=1S/C9H14N2O6/c1-2-17-9(16)11(5-7(12)13)6(3-4-10)8(14)15/h4,6,10H,2-3,5H2,1H3,(H,12,13)(H,14,15). The van der Waals surface area contributed by atoms with Gasteiger partial charge in [-0.2, -0.15) is 0 Å². The fourth-order valence-electron chi connectivity index (χ4n) is 1.13. The molecule has 0 saturated heterocycles. The van der Waals surface area contributed by atoms with Crippen LogP contribution in [0.1, 0.15) is 13.3 Å². The highest BCUT2D eigenvalue weighted by Gasteiger charge is 2.31. The van der Waals surface area contributed by atoms with E-state index in [0.717, 1.165) is 6.21 Å². The lowest BCUT2D eigenvalue weighted by molar-refractivity contribution is -0.145. The first-order valence-corrected chi connectivity index (χ1v) is 4.80. The van der Waals surface area contributed by atoms with Crippen LogP contribution in [0.15, 0.2) is 0 Å². The summed E-state index contributed by atoms with van der Waals surface area (Å²) in [6, 6.07) is -1.41. The summed E-state index contributed by atoms with van der Waals surface area (Å²) in [5.41, 5.74) is 0. The summed E-state index contributed by atoms with van der Waals surface area (Å²) < 4.78 is 4.57. The van der Waals surface area contributed by atoms with Gasteiger partial charge in [0, 0.05) is 6.42 Å². The summed E-state index contributed by atoms with van der Waals surface area (Å²) in [5.74, 6) is -2.74. The predicted octanol–water partition coefficient (Wildman–Crippen LogP) is 0.0224. The van der Waals surface area contributed by atoms with E-state index in [2.05, 4.69) is 4.74 Å². The van der Waals surface area contributed by atoms with E-state index >= 15 is 0 Å². The van der Waals surface area contributed by atoms with Crippen molar-refractivity contribution in [2.24, 2.45) is 0 Å². The van der Waals surface area contributed by atoms with Crippen molar-refractivity contribution < 1.29 is 29.3 Å². The van der Waals surface area contributed by atoms with Gasteiger partial charge < -0.3 is 20.4 Å². The van der Waals surface area contributed by atoms with Crippen LogP contribution in [0.3, 0.4) is 0 Å². The molecule has 0 aliphatic carbocycles. The number of nitrogens with one attached hydrogen (secondary N) is 1. The van der Waals surface area contributed by atoms with Crippen molar-refractivity contribution >= 4 is 24.2 Å². The number of rotatable bonds is 7. The normalized spacial score (nSPS) is 11.4. The quantitative estimate of drug-likeness (QED) is 0.543. The van der Waals surface area contributed by atoms with E-state index in [0.29, 0.717) is 4.90 Å². The molecule has 0 bridgehead atoms. The fourth-order valence-corrected chi connectivity index (χ4v) is 1.13. The van der Waals surface area contributed by atoms with Gasteiger partial charge in [0.15, 0.2) is 0 Å². The summed E-state index contributed by atoms with van der Waals surface area (Å²) in [7, 11) is 0. The molecule has 0 aliphatic rings. The lowest BCUT2D eigenvalue weighted by Gasteiger charge is -2.25. The van der Waals surface area contributed by atoms with Crippen molar-refractivity contribution in [3.8, 4) is 0 Å². The second-order valence-corrected chi connectivity index (χ2v) is 3.01. The van der Waals surface area contributed by atoms with Crippen LogP contribution in [-0.2, 0) is 14.3 Å². The highest BCUT2D eigenvalue weighted by molar-refractivity contribution is 5.85. The predicted molar refractivity (Wildman–Crippen MR) is 56.2 cm³/mol. The first-order valence-electron chi connectivity index (χ1n) is 4.80. The molecule has 0 heterocycles. The van der Waals surface area contributed by atoms with Crippen LogP contribution in [0, 0.1) is 5.41 Å². The molecule has 0 radical (unpaired) electrons. The van der Waals surface area contributed by atoms with Gasteiger partial charge in [-0.3, -0.25) is 9.69 Å². The molecule has 1 atom stereocenters. The van der Waals surface area contributed by atoms with E-state index in [1.54, 1.807) is 0 Å². The highest BCUT2D eigenvalue weighted by atomic mass is 16.6. The van der Waals surface area contributed by atoms with Crippen LogP contribution in [0.25, 0.3) is 0 Å². The Morgan fingerprint density at radius 2 is 2.00 bits per heavy atom. The molecule has 0 aromatic rings. The smallest absolute Gasteiger partial charge is 0.411 e. The van der Waals surface area contributed by atoms with Gasteiger partial charge in [-0.05, 0) is 13.1 Å². The van der Waals surface area contributed by atoms with E-state index in [1.165, 1.54) is 6.92 Å². The van der Waals surface area contributed by atoms with Crippen molar-refractivity contribution in [1.82, 2.24) is 4.90 Å². The first-order chi connectivity index (χ1) is 7.93. The van der Waals surface area contributed by atoms with Crippen LogP contribution in [-0.4, -0.2) is 58.6 Å². The molecule has 0 saturated carbocycles. The molecule has 8 nitrogen and oxygen atoms in total. The van der Waals surface area contributed by atoms with Crippen LogP contribution in [0.5, 0.6) is 0 Å². The van der Waals surface area contributed by atoms with Gasteiger partial charge in [-0.1, -0.05) is 0 Å². The fraction of sp³-hybridized carbons (Fsp3) is 0.556. The van der Waals surface area contributed by atoms with Gasteiger partial charge in [0.25, 0.3) is 0 Å². The monoisotopic (exact) mass is 246 g/mol. The minimum Gasteiger partial charge on any atom is -0.480 e. The second-order valence-electron chi connectivity index (χ2n) is 3.01. The molecule has 96 valence electrons. The number of hydrogen-bond donors (Lipinski definition) is 3. The summed E-state index contributed by atoms with van der Waals surface area (Å²) in [4.78, 5) is 33.4. The van der Waals surface area contributed by atoms with E-state index in [4.69, 9.17) is 15.6 Å². The van der Waals surface area contributed by atoms with Gasteiger partial charge in [0.2, 0.25) is 0 Å². The molecule has 0 aromatic carbocycles. The molecule has 0 rings (SSSR count). The maximum atomic E-state index is 11.4. The average Bonchev–Trinajstić information content (AvgIpc) is 2.22. The molecule has 8 heteroatoms. The van der Waals surface area contributed by atoms with Crippen molar-refractivity contribution in [3.63, 3.8) is 0 Å².